The summed E-state index contributed by atoms with van der Waals surface area (Å²) in [7, 11) is 0. The summed E-state index contributed by atoms with van der Waals surface area (Å²) in [6.45, 7) is 6.43. The lowest BCUT2D eigenvalue weighted by molar-refractivity contribution is 0.630. The van der Waals surface area contributed by atoms with E-state index < -0.39 is 0 Å². The summed E-state index contributed by atoms with van der Waals surface area (Å²) in [5.41, 5.74) is 2.11. The fourth-order valence-electron chi connectivity index (χ4n) is 1.73. The van der Waals surface area contributed by atoms with Crippen molar-refractivity contribution in [3.8, 4) is 0 Å². The maximum Gasteiger partial charge on any atom is 0.224 e. The van der Waals surface area contributed by atoms with Gasteiger partial charge in [0.1, 0.15) is 11.6 Å². The van der Waals surface area contributed by atoms with Gasteiger partial charge in [-0.05, 0) is 38.5 Å². The van der Waals surface area contributed by atoms with Crippen molar-refractivity contribution >= 4 is 17.5 Å². The zero-order chi connectivity index (χ0) is 13.8. The molecule has 0 saturated carbocycles. The lowest BCUT2D eigenvalue weighted by Gasteiger charge is -2.10. The first-order valence-electron chi connectivity index (χ1n) is 6.21. The quantitative estimate of drug-likeness (QED) is 0.884. The molecular formula is C14H17FN4. The van der Waals surface area contributed by atoms with Crippen LogP contribution in [0.4, 0.5) is 21.8 Å². The van der Waals surface area contributed by atoms with E-state index in [-0.39, 0.29) is 5.82 Å². The molecule has 2 aromatic rings. The van der Waals surface area contributed by atoms with Gasteiger partial charge in [-0.15, -0.1) is 0 Å². The molecule has 0 saturated heterocycles. The molecule has 0 bridgehead atoms. The maximum atomic E-state index is 13.8. The molecule has 0 fully saturated rings. The Kier molecular flexibility index (Phi) is 3.94. The second kappa shape index (κ2) is 5.65. The molecule has 0 radical (unpaired) electrons. The van der Waals surface area contributed by atoms with Gasteiger partial charge >= 0.3 is 0 Å². The predicted molar refractivity (Wildman–Crippen MR) is 75.4 cm³/mol. The molecular weight excluding hydrogens is 243 g/mol. The van der Waals surface area contributed by atoms with Gasteiger partial charge in [-0.25, -0.2) is 9.37 Å². The van der Waals surface area contributed by atoms with E-state index in [1.54, 1.807) is 12.1 Å². The molecule has 0 amide bonds. The summed E-state index contributed by atoms with van der Waals surface area (Å²) in [6, 6.07) is 6.82. The molecule has 0 aliphatic rings. The standard InChI is InChI=1S/C14H17FN4/c1-4-16-14-17-10(3)8-13(19-14)18-12-6-5-9(2)7-11(12)15/h5-8H,4H2,1-3H3,(H2,16,17,18,19). The highest BCUT2D eigenvalue weighted by Crippen LogP contribution is 2.20. The topological polar surface area (TPSA) is 49.8 Å². The Morgan fingerprint density at radius 2 is 1.95 bits per heavy atom. The van der Waals surface area contributed by atoms with Gasteiger partial charge in [0, 0.05) is 18.3 Å². The number of halogens is 1. The second-order valence-corrected chi connectivity index (χ2v) is 4.36. The summed E-state index contributed by atoms with van der Waals surface area (Å²) in [5.74, 6) is 0.824. The number of nitrogens with zero attached hydrogens (tertiary/aromatic N) is 2. The zero-order valence-corrected chi connectivity index (χ0v) is 11.3. The van der Waals surface area contributed by atoms with Crippen molar-refractivity contribution in [2.24, 2.45) is 0 Å². The van der Waals surface area contributed by atoms with Crippen LogP contribution >= 0.6 is 0 Å². The number of benzene rings is 1. The Bertz CT molecular complexity index is 584. The number of aromatic nitrogens is 2. The van der Waals surface area contributed by atoms with Gasteiger partial charge < -0.3 is 10.6 Å². The zero-order valence-electron chi connectivity index (χ0n) is 11.3. The normalized spacial score (nSPS) is 10.3. The molecule has 0 unspecified atom stereocenters. The number of aryl methyl sites for hydroxylation is 2. The van der Waals surface area contributed by atoms with Crippen LogP contribution in [0.15, 0.2) is 24.3 Å². The predicted octanol–water partition coefficient (Wildman–Crippen LogP) is 3.41. The monoisotopic (exact) mass is 260 g/mol. The Morgan fingerprint density at radius 1 is 1.16 bits per heavy atom. The summed E-state index contributed by atoms with van der Waals surface area (Å²) in [6.07, 6.45) is 0. The van der Waals surface area contributed by atoms with E-state index in [0.29, 0.717) is 17.5 Å². The largest absolute Gasteiger partial charge is 0.354 e. The van der Waals surface area contributed by atoms with Crippen LogP contribution < -0.4 is 10.6 Å². The molecule has 1 aromatic carbocycles. The minimum Gasteiger partial charge on any atom is -0.354 e. The van der Waals surface area contributed by atoms with Crippen LogP contribution in [0, 0.1) is 19.7 Å². The van der Waals surface area contributed by atoms with Crippen molar-refractivity contribution in [3.63, 3.8) is 0 Å². The lowest BCUT2D eigenvalue weighted by Crippen LogP contribution is -2.05. The number of hydrogen-bond acceptors (Lipinski definition) is 4. The highest BCUT2D eigenvalue weighted by atomic mass is 19.1. The lowest BCUT2D eigenvalue weighted by atomic mass is 10.2. The average Bonchev–Trinajstić information content (AvgIpc) is 2.32. The van der Waals surface area contributed by atoms with Crippen molar-refractivity contribution in [1.82, 2.24) is 9.97 Å². The van der Waals surface area contributed by atoms with Crippen LogP contribution in [0.1, 0.15) is 18.2 Å². The Morgan fingerprint density at radius 3 is 2.63 bits per heavy atom. The summed E-state index contributed by atoms with van der Waals surface area (Å²) in [4.78, 5) is 8.53. The second-order valence-electron chi connectivity index (χ2n) is 4.36. The van der Waals surface area contributed by atoms with Gasteiger partial charge in [-0.1, -0.05) is 6.07 Å². The SMILES string of the molecule is CCNc1nc(C)cc(Nc2ccc(C)cc2F)n1. The Hall–Kier alpha value is -2.17. The molecule has 0 spiro atoms. The smallest absolute Gasteiger partial charge is 0.224 e. The number of anilines is 3. The van der Waals surface area contributed by atoms with Crippen LogP contribution in [0.2, 0.25) is 0 Å². The molecule has 1 aromatic heterocycles. The van der Waals surface area contributed by atoms with Crippen LogP contribution in [-0.4, -0.2) is 16.5 Å². The summed E-state index contributed by atoms with van der Waals surface area (Å²) >= 11 is 0. The van der Waals surface area contributed by atoms with Gasteiger partial charge in [0.05, 0.1) is 5.69 Å². The van der Waals surface area contributed by atoms with E-state index in [1.807, 2.05) is 26.8 Å². The molecule has 2 rings (SSSR count). The van der Waals surface area contributed by atoms with E-state index in [1.165, 1.54) is 6.07 Å². The number of hydrogen-bond donors (Lipinski definition) is 2. The molecule has 0 atom stereocenters. The molecule has 19 heavy (non-hydrogen) atoms. The van der Waals surface area contributed by atoms with Gasteiger partial charge in [-0.3, -0.25) is 0 Å². The van der Waals surface area contributed by atoms with Crippen LogP contribution in [-0.2, 0) is 0 Å². The van der Waals surface area contributed by atoms with Crippen LogP contribution in [0.3, 0.4) is 0 Å². The third-order valence-corrected chi connectivity index (χ3v) is 2.58. The van der Waals surface area contributed by atoms with Gasteiger partial charge in [0.25, 0.3) is 0 Å². The molecule has 100 valence electrons. The number of nitrogens with one attached hydrogen (secondary N) is 2. The fourth-order valence-corrected chi connectivity index (χ4v) is 1.73. The van der Waals surface area contributed by atoms with Crippen molar-refractivity contribution in [1.29, 1.82) is 0 Å². The average molecular weight is 260 g/mol. The van der Waals surface area contributed by atoms with Gasteiger partial charge in [-0.2, -0.15) is 4.98 Å². The van der Waals surface area contributed by atoms with Crippen molar-refractivity contribution < 1.29 is 4.39 Å². The first-order valence-corrected chi connectivity index (χ1v) is 6.21. The fraction of sp³-hybridized carbons (Fsp3) is 0.286. The summed E-state index contributed by atoms with van der Waals surface area (Å²) < 4.78 is 13.8. The van der Waals surface area contributed by atoms with Crippen molar-refractivity contribution in [2.45, 2.75) is 20.8 Å². The molecule has 1 heterocycles. The van der Waals surface area contributed by atoms with E-state index in [0.717, 1.165) is 17.8 Å². The van der Waals surface area contributed by atoms with Crippen molar-refractivity contribution in [3.05, 3.63) is 41.3 Å². The molecule has 5 heteroatoms. The first-order chi connectivity index (χ1) is 9.08. The van der Waals surface area contributed by atoms with E-state index in [9.17, 15) is 4.39 Å². The van der Waals surface area contributed by atoms with Crippen molar-refractivity contribution in [2.75, 3.05) is 17.2 Å². The van der Waals surface area contributed by atoms with Gasteiger partial charge in [0.2, 0.25) is 5.95 Å². The maximum absolute atomic E-state index is 13.8. The summed E-state index contributed by atoms with van der Waals surface area (Å²) in [5, 5.41) is 6.02. The van der Waals surface area contributed by atoms with E-state index in [2.05, 4.69) is 20.6 Å². The highest BCUT2D eigenvalue weighted by molar-refractivity contribution is 5.58. The first kappa shape index (κ1) is 13.3. The minimum atomic E-state index is -0.290. The molecule has 0 aliphatic heterocycles. The third kappa shape index (κ3) is 3.40. The highest BCUT2D eigenvalue weighted by Gasteiger charge is 2.05. The Labute approximate surface area is 112 Å². The van der Waals surface area contributed by atoms with Gasteiger partial charge in [0.15, 0.2) is 0 Å². The van der Waals surface area contributed by atoms with Crippen LogP contribution in [0.5, 0.6) is 0 Å². The Balaban J connectivity index is 2.27. The number of rotatable bonds is 4. The molecule has 4 nitrogen and oxygen atoms in total. The minimum absolute atomic E-state index is 0.290. The molecule has 0 aliphatic carbocycles. The molecule has 2 N–H and O–H groups in total. The van der Waals surface area contributed by atoms with E-state index in [4.69, 9.17) is 0 Å². The third-order valence-electron chi connectivity index (χ3n) is 2.58. The van der Waals surface area contributed by atoms with E-state index >= 15 is 0 Å². The van der Waals surface area contributed by atoms with Crippen LogP contribution in [0.25, 0.3) is 0 Å².